The van der Waals surface area contributed by atoms with Gasteiger partial charge in [0.05, 0.1) is 0 Å². The van der Waals surface area contributed by atoms with Crippen LogP contribution in [0, 0.1) is 0 Å². The second kappa shape index (κ2) is 5.87. The molecule has 1 aliphatic carbocycles. The number of rotatable bonds is 7. The molecule has 94 valence electrons. The Balaban J connectivity index is 1.74. The Labute approximate surface area is 102 Å². The summed E-state index contributed by atoms with van der Waals surface area (Å²) in [6.45, 7) is 4.58. The van der Waals surface area contributed by atoms with Crippen LogP contribution in [0.4, 0.5) is 0 Å². The summed E-state index contributed by atoms with van der Waals surface area (Å²) in [4.78, 5) is 11.9. The van der Waals surface area contributed by atoms with Crippen LogP contribution in [0.1, 0.15) is 36.7 Å². The normalized spacial score (nSPS) is 14.9. The van der Waals surface area contributed by atoms with Gasteiger partial charge in [-0.2, -0.15) is 0 Å². The van der Waals surface area contributed by atoms with Gasteiger partial charge in [0.15, 0.2) is 0 Å². The molecule has 4 nitrogen and oxygen atoms in total. The van der Waals surface area contributed by atoms with Crippen molar-refractivity contribution in [2.24, 2.45) is 0 Å². The van der Waals surface area contributed by atoms with Crippen molar-refractivity contribution >= 4 is 5.91 Å². The zero-order chi connectivity index (χ0) is 12.1. The molecule has 2 N–H and O–H groups in total. The minimum Gasteiger partial charge on any atom is -0.349 e. The summed E-state index contributed by atoms with van der Waals surface area (Å²) >= 11 is 0. The summed E-state index contributed by atoms with van der Waals surface area (Å²) in [6, 6.07) is 4.50. The summed E-state index contributed by atoms with van der Waals surface area (Å²) in [5.41, 5.74) is 0.762. The van der Waals surface area contributed by atoms with Crippen molar-refractivity contribution in [1.82, 2.24) is 15.2 Å². The molecule has 1 saturated carbocycles. The lowest BCUT2D eigenvalue weighted by Gasteiger charge is -2.09. The van der Waals surface area contributed by atoms with E-state index in [4.69, 9.17) is 0 Å². The molecule has 0 aromatic carbocycles. The molecule has 0 radical (unpaired) electrons. The Morgan fingerprint density at radius 3 is 3.00 bits per heavy atom. The maximum atomic E-state index is 11.9. The van der Waals surface area contributed by atoms with E-state index in [1.54, 1.807) is 0 Å². The van der Waals surface area contributed by atoms with Crippen LogP contribution in [-0.2, 0) is 6.54 Å². The van der Waals surface area contributed by atoms with Gasteiger partial charge in [0.25, 0.3) is 5.91 Å². The monoisotopic (exact) mass is 235 g/mol. The van der Waals surface area contributed by atoms with Gasteiger partial charge in [-0.15, -0.1) is 0 Å². The first-order valence-electron chi connectivity index (χ1n) is 6.48. The fraction of sp³-hybridized carbons (Fsp3) is 0.615. The van der Waals surface area contributed by atoms with Crippen molar-refractivity contribution in [2.45, 2.75) is 38.8 Å². The number of nitrogens with one attached hydrogen (secondary N) is 2. The first kappa shape index (κ1) is 12.2. The van der Waals surface area contributed by atoms with Gasteiger partial charge < -0.3 is 15.2 Å². The predicted octanol–water partition coefficient (Wildman–Crippen LogP) is 1.38. The van der Waals surface area contributed by atoms with Crippen molar-refractivity contribution in [3.8, 4) is 0 Å². The molecule has 0 unspecified atom stereocenters. The number of nitrogens with zero attached hydrogens (tertiary/aromatic N) is 1. The van der Waals surface area contributed by atoms with Gasteiger partial charge in [0.1, 0.15) is 5.69 Å². The lowest BCUT2D eigenvalue weighted by molar-refractivity contribution is 0.0944. The second-order valence-electron chi connectivity index (χ2n) is 4.57. The maximum absolute atomic E-state index is 11.9. The SMILES string of the molecule is CCCn1cccc1C(=O)NCCNC1CC1. The number of amides is 1. The van der Waals surface area contributed by atoms with Crippen molar-refractivity contribution in [1.29, 1.82) is 0 Å². The van der Waals surface area contributed by atoms with Crippen LogP contribution in [0.2, 0.25) is 0 Å². The molecule has 0 atom stereocenters. The topological polar surface area (TPSA) is 46.1 Å². The Morgan fingerprint density at radius 1 is 1.47 bits per heavy atom. The van der Waals surface area contributed by atoms with Crippen molar-refractivity contribution in [3.63, 3.8) is 0 Å². The quantitative estimate of drug-likeness (QED) is 0.701. The molecule has 0 saturated heterocycles. The van der Waals surface area contributed by atoms with E-state index in [1.807, 2.05) is 22.9 Å². The molecule has 2 rings (SSSR count). The predicted molar refractivity (Wildman–Crippen MR) is 68.1 cm³/mol. The Morgan fingerprint density at radius 2 is 2.29 bits per heavy atom. The fourth-order valence-corrected chi connectivity index (χ4v) is 1.89. The van der Waals surface area contributed by atoms with E-state index >= 15 is 0 Å². The van der Waals surface area contributed by atoms with Crippen LogP contribution in [0.15, 0.2) is 18.3 Å². The summed E-state index contributed by atoms with van der Waals surface area (Å²) in [6.07, 6.45) is 5.57. The average molecular weight is 235 g/mol. The van der Waals surface area contributed by atoms with Gasteiger partial charge in [-0.1, -0.05) is 6.92 Å². The molecular formula is C13H21N3O. The summed E-state index contributed by atoms with van der Waals surface area (Å²) < 4.78 is 2.00. The van der Waals surface area contributed by atoms with Crippen LogP contribution < -0.4 is 10.6 Å². The molecule has 1 aliphatic rings. The maximum Gasteiger partial charge on any atom is 0.267 e. The number of hydrogen-bond donors (Lipinski definition) is 2. The second-order valence-corrected chi connectivity index (χ2v) is 4.57. The number of aromatic nitrogens is 1. The third-order valence-electron chi connectivity index (χ3n) is 2.95. The largest absolute Gasteiger partial charge is 0.349 e. The van der Waals surface area contributed by atoms with Gasteiger partial charge >= 0.3 is 0 Å². The van der Waals surface area contributed by atoms with E-state index in [0.717, 1.165) is 25.2 Å². The molecule has 1 fully saturated rings. The lowest BCUT2D eigenvalue weighted by atomic mass is 10.3. The third-order valence-corrected chi connectivity index (χ3v) is 2.95. The molecule has 4 heteroatoms. The zero-order valence-corrected chi connectivity index (χ0v) is 10.4. The van der Waals surface area contributed by atoms with E-state index in [-0.39, 0.29) is 5.91 Å². The van der Waals surface area contributed by atoms with Crippen LogP contribution in [0.25, 0.3) is 0 Å². The minimum atomic E-state index is 0.0287. The highest BCUT2D eigenvalue weighted by Gasteiger charge is 2.19. The van der Waals surface area contributed by atoms with Crippen LogP contribution in [0.5, 0.6) is 0 Å². The molecule has 17 heavy (non-hydrogen) atoms. The first-order chi connectivity index (χ1) is 8.31. The van der Waals surface area contributed by atoms with Crippen LogP contribution >= 0.6 is 0 Å². The van der Waals surface area contributed by atoms with E-state index in [0.29, 0.717) is 12.6 Å². The summed E-state index contributed by atoms with van der Waals surface area (Å²) in [5, 5.41) is 6.32. The molecule has 1 heterocycles. The average Bonchev–Trinajstić information content (AvgIpc) is 3.03. The van der Waals surface area contributed by atoms with Gasteiger partial charge in [-0.05, 0) is 31.4 Å². The minimum absolute atomic E-state index is 0.0287. The number of carbonyl (C=O) groups excluding carboxylic acids is 1. The number of carbonyl (C=O) groups is 1. The standard InChI is InChI=1S/C13H21N3O/c1-2-9-16-10-3-4-12(16)13(17)15-8-7-14-11-5-6-11/h3-4,10-11,14H,2,5-9H2,1H3,(H,15,17). The van der Waals surface area contributed by atoms with Gasteiger partial charge in [0, 0.05) is 31.9 Å². The van der Waals surface area contributed by atoms with Crippen LogP contribution in [-0.4, -0.2) is 29.6 Å². The first-order valence-corrected chi connectivity index (χ1v) is 6.48. The highest BCUT2D eigenvalue weighted by atomic mass is 16.1. The highest BCUT2D eigenvalue weighted by Crippen LogP contribution is 2.17. The molecule has 0 aliphatic heterocycles. The lowest BCUT2D eigenvalue weighted by Crippen LogP contribution is -2.33. The molecule has 1 aromatic heterocycles. The molecule has 1 aromatic rings. The van der Waals surface area contributed by atoms with E-state index in [1.165, 1.54) is 12.8 Å². The molecule has 0 bridgehead atoms. The molecular weight excluding hydrogens is 214 g/mol. The van der Waals surface area contributed by atoms with E-state index < -0.39 is 0 Å². The third kappa shape index (κ3) is 3.60. The smallest absolute Gasteiger partial charge is 0.267 e. The Bertz CT molecular complexity index is 368. The Kier molecular flexibility index (Phi) is 4.20. The summed E-state index contributed by atoms with van der Waals surface area (Å²) in [5.74, 6) is 0.0287. The van der Waals surface area contributed by atoms with E-state index in [9.17, 15) is 4.79 Å². The molecule has 0 spiro atoms. The number of hydrogen-bond acceptors (Lipinski definition) is 2. The highest BCUT2D eigenvalue weighted by molar-refractivity contribution is 5.92. The van der Waals surface area contributed by atoms with Crippen LogP contribution in [0.3, 0.4) is 0 Å². The van der Waals surface area contributed by atoms with Gasteiger partial charge in [-0.25, -0.2) is 0 Å². The fourth-order valence-electron chi connectivity index (χ4n) is 1.89. The van der Waals surface area contributed by atoms with Crippen molar-refractivity contribution in [2.75, 3.05) is 13.1 Å². The van der Waals surface area contributed by atoms with Crippen molar-refractivity contribution < 1.29 is 4.79 Å². The zero-order valence-electron chi connectivity index (χ0n) is 10.4. The number of aryl methyl sites for hydroxylation is 1. The summed E-state index contributed by atoms with van der Waals surface area (Å²) in [7, 11) is 0. The van der Waals surface area contributed by atoms with Gasteiger partial charge in [0.2, 0.25) is 0 Å². The Hall–Kier alpha value is -1.29. The van der Waals surface area contributed by atoms with Crippen molar-refractivity contribution in [3.05, 3.63) is 24.0 Å². The molecule has 1 amide bonds. The van der Waals surface area contributed by atoms with Gasteiger partial charge in [-0.3, -0.25) is 4.79 Å². The van der Waals surface area contributed by atoms with E-state index in [2.05, 4.69) is 17.6 Å².